The third-order valence-corrected chi connectivity index (χ3v) is 2.03. The topological polar surface area (TPSA) is 68.0 Å². The van der Waals surface area contributed by atoms with E-state index in [1.807, 2.05) is 6.07 Å². The van der Waals surface area contributed by atoms with E-state index in [1.54, 1.807) is 25.4 Å². The number of hydrogen-bond donors (Lipinski definition) is 1. The Morgan fingerprint density at radius 2 is 2.19 bits per heavy atom. The molecular weight excluding hydrogens is 201 g/mol. The Hall–Kier alpha value is -1.57. The van der Waals surface area contributed by atoms with Crippen LogP contribution in [0.5, 0.6) is 0 Å². The monoisotopic (exact) mass is 211 g/mol. The number of aromatic nitrogens is 3. The number of pyridine rings is 1. The van der Waals surface area contributed by atoms with Crippen molar-refractivity contribution >= 4 is 5.97 Å². The fourth-order valence-electron chi connectivity index (χ4n) is 1.31. The minimum absolute atomic E-state index is 0. The number of rotatable bonds is 2. The first-order valence-corrected chi connectivity index (χ1v) is 4.37. The number of hydrogen-bond acceptors (Lipinski definition) is 3. The van der Waals surface area contributed by atoms with E-state index >= 15 is 0 Å². The number of carboxylic acids is 1. The van der Waals surface area contributed by atoms with Gasteiger partial charge in [0, 0.05) is 19.3 Å². The average Bonchev–Trinajstić information content (AvgIpc) is 2.62. The Labute approximate surface area is 106 Å². The Balaban J connectivity index is 0.00000128. The molecule has 78 valence electrons. The van der Waals surface area contributed by atoms with Crippen LogP contribution in [-0.4, -0.2) is 25.8 Å². The van der Waals surface area contributed by atoms with Gasteiger partial charge in [0.25, 0.3) is 0 Å². The van der Waals surface area contributed by atoms with Crippen LogP contribution in [0.3, 0.4) is 0 Å². The van der Waals surface area contributed by atoms with Crippen molar-refractivity contribution in [1.29, 1.82) is 0 Å². The van der Waals surface area contributed by atoms with Crippen molar-refractivity contribution in [2.75, 3.05) is 0 Å². The summed E-state index contributed by atoms with van der Waals surface area (Å²) in [7, 11) is 1.59. The molecule has 16 heavy (non-hydrogen) atoms. The van der Waals surface area contributed by atoms with E-state index in [0.717, 1.165) is 0 Å². The first-order valence-electron chi connectivity index (χ1n) is 4.37. The van der Waals surface area contributed by atoms with E-state index in [9.17, 15) is 4.79 Å². The predicted molar refractivity (Wildman–Crippen MR) is 54.5 cm³/mol. The van der Waals surface area contributed by atoms with Crippen molar-refractivity contribution in [3.8, 4) is 11.4 Å². The normalized spacial score (nSPS) is 9.56. The van der Waals surface area contributed by atoms with Crippen molar-refractivity contribution in [2.24, 2.45) is 7.05 Å². The summed E-state index contributed by atoms with van der Waals surface area (Å²) in [6.45, 7) is 0. The van der Waals surface area contributed by atoms with Gasteiger partial charge in [-0.05, 0) is 12.1 Å². The number of carboxylic acid groups (broad SMARTS) is 1. The molecule has 5 nitrogen and oxygen atoms in total. The molecule has 0 saturated carbocycles. The van der Waals surface area contributed by atoms with Gasteiger partial charge in [-0.3, -0.25) is 9.67 Å². The van der Waals surface area contributed by atoms with Crippen molar-refractivity contribution in [3.05, 3.63) is 36.2 Å². The second-order valence-electron chi connectivity index (χ2n) is 3.06. The van der Waals surface area contributed by atoms with Gasteiger partial charge in [0.05, 0.1) is 5.69 Å². The molecule has 2 aromatic heterocycles. The Kier molecular flexibility index (Phi) is 3.88. The van der Waals surface area contributed by atoms with E-state index in [2.05, 4.69) is 10.1 Å². The quantitative estimate of drug-likeness (QED) is 0.601. The van der Waals surface area contributed by atoms with Crippen molar-refractivity contribution < 1.29 is 30.2 Å². The maximum Gasteiger partial charge on any atom is 1.00 e. The van der Waals surface area contributed by atoms with E-state index in [4.69, 9.17) is 5.11 Å². The molecule has 2 rings (SSSR count). The first kappa shape index (κ1) is 12.5. The van der Waals surface area contributed by atoms with Crippen LogP contribution >= 0.6 is 0 Å². The van der Waals surface area contributed by atoms with Crippen LogP contribution in [0, 0.1) is 0 Å². The van der Waals surface area contributed by atoms with Crippen molar-refractivity contribution in [1.82, 2.24) is 14.8 Å². The van der Waals surface area contributed by atoms with Crippen molar-refractivity contribution in [2.45, 2.75) is 0 Å². The largest absolute Gasteiger partial charge is 1.00 e. The van der Waals surface area contributed by atoms with Gasteiger partial charge < -0.3 is 6.53 Å². The zero-order chi connectivity index (χ0) is 10.8. The summed E-state index contributed by atoms with van der Waals surface area (Å²) in [5.74, 6) is -0.993. The van der Waals surface area contributed by atoms with Crippen molar-refractivity contribution in [3.63, 3.8) is 0 Å². The van der Waals surface area contributed by atoms with E-state index in [0.29, 0.717) is 11.4 Å². The predicted octanol–water partition coefficient (Wildman–Crippen LogP) is -1.70. The zero-order valence-electron chi connectivity index (χ0n) is 10.1. The Morgan fingerprint density at radius 3 is 2.69 bits per heavy atom. The molecule has 1 N–H and O–H groups in total. The molecule has 2 aromatic rings. The molecule has 0 fully saturated rings. The molecule has 0 amide bonds. The van der Waals surface area contributed by atoms with Crippen LogP contribution in [0.1, 0.15) is 11.9 Å². The van der Waals surface area contributed by atoms with Crippen LogP contribution in [0.25, 0.3) is 11.4 Å². The van der Waals surface area contributed by atoms with Gasteiger partial charge >= 0.3 is 24.8 Å². The smallest absolute Gasteiger partial charge is 1.00 e. The van der Waals surface area contributed by atoms with Crippen LogP contribution in [0.2, 0.25) is 0 Å². The molecule has 0 spiro atoms. The first-order chi connectivity index (χ1) is 7.18. The fourth-order valence-corrected chi connectivity index (χ4v) is 1.31. The summed E-state index contributed by atoms with van der Waals surface area (Å²) < 4.78 is 1.33. The van der Waals surface area contributed by atoms with E-state index in [-0.39, 0.29) is 26.0 Å². The van der Waals surface area contributed by atoms with Gasteiger partial charge in [0.15, 0.2) is 0 Å². The van der Waals surface area contributed by atoms with Gasteiger partial charge in [0.2, 0.25) is 0 Å². The van der Waals surface area contributed by atoms with Crippen LogP contribution in [0.15, 0.2) is 30.5 Å². The molecular formula is C10H10LiN3O2. The summed E-state index contributed by atoms with van der Waals surface area (Å²) in [6.07, 6.45) is 1.64. The molecule has 0 atom stereocenters. The fraction of sp³-hybridized carbons (Fsp3) is 0.100. The van der Waals surface area contributed by atoms with E-state index < -0.39 is 5.97 Å². The second-order valence-corrected chi connectivity index (χ2v) is 3.06. The van der Waals surface area contributed by atoms with Gasteiger partial charge in [-0.25, -0.2) is 4.79 Å². The molecule has 6 heteroatoms. The van der Waals surface area contributed by atoms with E-state index in [1.165, 1.54) is 10.7 Å². The van der Waals surface area contributed by atoms with Crippen LogP contribution in [-0.2, 0) is 7.05 Å². The van der Waals surface area contributed by atoms with Gasteiger partial charge in [0.1, 0.15) is 11.4 Å². The third-order valence-electron chi connectivity index (χ3n) is 2.03. The molecule has 0 aliphatic heterocycles. The van der Waals surface area contributed by atoms with Gasteiger partial charge in [-0.15, -0.1) is 0 Å². The molecule has 0 unspecified atom stereocenters. The minimum atomic E-state index is -0.993. The average molecular weight is 211 g/mol. The molecule has 0 aliphatic carbocycles. The van der Waals surface area contributed by atoms with Gasteiger partial charge in [-0.1, -0.05) is 6.07 Å². The Bertz CT molecular complexity index is 502. The standard InChI is InChI=1S/C10H9N3O2.Li.H/c1-13-9(10(14)15)6-8(12-13)7-4-2-3-5-11-7;;/h2-6H,1H3,(H,14,15);;/q;+1;-1. The molecule has 0 aliphatic rings. The van der Waals surface area contributed by atoms with Crippen LogP contribution < -0.4 is 18.9 Å². The number of aryl methyl sites for hydroxylation is 1. The SMILES string of the molecule is Cn1nc(-c2ccccn2)cc1C(=O)O.[H-].[Li+]. The summed E-state index contributed by atoms with van der Waals surface area (Å²) in [6, 6.07) is 6.92. The number of nitrogens with zero attached hydrogens (tertiary/aromatic N) is 3. The summed E-state index contributed by atoms with van der Waals surface area (Å²) in [5, 5.41) is 12.9. The minimum Gasteiger partial charge on any atom is -1.00 e. The Morgan fingerprint density at radius 1 is 1.44 bits per heavy atom. The van der Waals surface area contributed by atoms with Crippen LogP contribution in [0.4, 0.5) is 0 Å². The maximum absolute atomic E-state index is 10.8. The second kappa shape index (κ2) is 4.97. The summed E-state index contributed by atoms with van der Waals surface area (Å²) in [5.41, 5.74) is 1.38. The number of aromatic carboxylic acids is 1. The number of carbonyl (C=O) groups is 1. The summed E-state index contributed by atoms with van der Waals surface area (Å²) >= 11 is 0. The molecule has 2 heterocycles. The molecule has 0 radical (unpaired) electrons. The molecule has 0 saturated heterocycles. The van der Waals surface area contributed by atoms with Gasteiger partial charge in [-0.2, -0.15) is 5.10 Å². The zero-order valence-corrected chi connectivity index (χ0v) is 9.08. The summed E-state index contributed by atoms with van der Waals surface area (Å²) in [4.78, 5) is 14.9. The third kappa shape index (κ3) is 2.32. The molecule has 0 aromatic carbocycles. The molecule has 0 bridgehead atoms. The maximum atomic E-state index is 10.8.